The molecule has 3 rings (SSSR count). The molecule has 0 spiro atoms. The lowest BCUT2D eigenvalue weighted by molar-refractivity contribution is -0.131. The first-order valence-corrected chi connectivity index (χ1v) is 8.21. The molecule has 2 heterocycles. The molecule has 0 unspecified atom stereocenters. The molecule has 5 heteroatoms. The molecule has 1 aliphatic rings. The number of aromatic nitrogens is 2. The molecule has 1 aliphatic heterocycles. The summed E-state index contributed by atoms with van der Waals surface area (Å²) < 4.78 is 0. The number of H-pyrrole nitrogens is 1. The highest BCUT2D eigenvalue weighted by molar-refractivity contribution is 5.78. The zero-order valence-corrected chi connectivity index (χ0v) is 13.6. The van der Waals surface area contributed by atoms with Crippen molar-refractivity contribution in [1.82, 2.24) is 20.0 Å². The van der Waals surface area contributed by atoms with Gasteiger partial charge in [-0.1, -0.05) is 30.3 Å². The van der Waals surface area contributed by atoms with Crippen molar-refractivity contribution in [3.05, 3.63) is 53.9 Å². The minimum absolute atomic E-state index is 0.190. The van der Waals surface area contributed by atoms with E-state index in [9.17, 15) is 4.79 Å². The van der Waals surface area contributed by atoms with Gasteiger partial charge in [0, 0.05) is 19.8 Å². The number of likely N-dealkylation sites (tertiary alicyclic amines) is 1. The van der Waals surface area contributed by atoms with Crippen molar-refractivity contribution in [2.75, 3.05) is 26.7 Å². The van der Waals surface area contributed by atoms with Crippen molar-refractivity contribution in [3.8, 4) is 0 Å². The number of likely N-dealkylation sites (N-methyl/N-ethyl adjacent to an activating group) is 1. The summed E-state index contributed by atoms with van der Waals surface area (Å²) in [4.78, 5) is 16.5. The molecular weight excluding hydrogens is 288 g/mol. The monoisotopic (exact) mass is 312 g/mol. The Labute approximate surface area is 137 Å². The molecule has 1 saturated heterocycles. The minimum Gasteiger partial charge on any atom is -0.340 e. The van der Waals surface area contributed by atoms with E-state index in [1.807, 2.05) is 42.5 Å². The van der Waals surface area contributed by atoms with Crippen LogP contribution < -0.4 is 0 Å². The molecule has 1 N–H and O–H groups in total. The fourth-order valence-corrected chi connectivity index (χ4v) is 3.17. The highest BCUT2D eigenvalue weighted by Crippen LogP contribution is 2.26. The van der Waals surface area contributed by atoms with Crippen LogP contribution in [-0.2, 0) is 11.3 Å². The van der Waals surface area contributed by atoms with Crippen molar-refractivity contribution in [2.24, 2.45) is 0 Å². The number of hydrogen-bond donors (Lipinski definition) is 1. The molecule has 0 atom stereocenters. The maximum atomic E-state index is 12.4. The molecule has 0 bridgehead atoms. The molecule has 1 amide bonds. The van der Waals surface area contributed by atoms with Gasteiger partial charge in [-0.05, 0) is 43.0 Å². The van der Waals surface area contributed by atoms with Crippen LogP contribution >= 0.6 is 0 Å². The van der Waals surface area contributed by atoms with E-state index in [0.717, 1.165) is 25.9 Å². The van der Waals surface area contributed by atoms with Gasteiger partial charge in [0.15, 0.2) is 0 Å². The predicted molar refractivity (Wildman–Crippen MR) is 89.9 cm³/mol. The Morgan fingerprint density at radius 1 is 1.30 bits per heavy atom. The number of aromatic amines is 1. The van der Waals surface area contributed by atoms with Crippen molar-refractivity contribution in [1.29, 1.82) is 0 Å². The summed E-state index contributed by atoms with van der Waals surface area (Å²) in [5.41, 5.74) is 2.46. The molecule has 0 aliphatic carbocycles. The number of amides is 1. The lowest BCUT2D eigenvalue weighted by Gasteiger charge is -2.32. The second-order valence-corrected chi connectivity index (χ2v) is 6.32. The minimum atomic E-state index is 0.190. The zero-order valence-electron chi connectivity index (χ0n) is 13.6. The molecule has 23 heavy (non-hydrogen) atoms. The Bertz CT molecular complexity index is 603. The zero-order chi connectivity index (χ0) is 16.1. The van der Waals surface area contributed by atoms with Gasteiger partial charge >= 0.3 is 0 Å². The lowest BCUT2D eigenvalue weighted by atomic mass is 9.91. The number of carbonyl (C=O) groups excluding carboxylic acids is 1. The Hall–Kier alpha value is -2.14. The summed E-state index contributed by atoms with van der Waals surface area (Å²) in [5.74, 6) is 0.762. The topological polar surface area (TPSA) is 52.2 Å². The summed E-state index contributed by atoms with van der Waals surface area (Å²) in [6.45, 7) is 3.13. The number of nitrogens with zero attached hydrogens (tertiary/aromatic N) is 3. The normalized spacial score (nSPS) is 16.4. The average Bonchev–Trinajstić information content (AvgIpc) is 3.11. The summed E-state index contributed by atoms with van der Waals surface area (Å²) in [6.07, 6.45) is 6.09. The second kappa shape index (κ2) is 7.42. The molecule has 1 aromatic heterocycles. The van der Waals surface area contributed by atoms with E-state index in [0.29, 0.717) is 19.0 Å². The van der Waals surface area contributed by atoms with Crippen molar-refractivity contribution in [3.63, 3.8) is 0 Å². The molecule has 5 nitrogen and oxygen atoms in total. The van der Waals surface area contributed by atoms with Gasteiger partial charge in [-0.15, -0.1) is 0 Å². The van der Waals surface area contributed by atoms with E-state index in [1.54, 1.807) is 0 Å². The number of benzene rings is 1. The first-order chi connectivity index (χ1) is 11.2. The molecular formula is C18H24N4O. The fourth-order valence-electron chi connectivity index (χ4n) is 3.17. The van der Waals surface area contributed by atoms with Crippen molar-refractivity contribution in [2.45, 2.75) is 25.3 Å². The van der Waals surface area contributed by atoms with Crippen LogP contribution in [0.1, 0.15) is 29.9 Å². The first kappa shape index (κ1) is 15.7. The standard InChI is InChI=1S/C18H24N4O/c1-21(13-15-5-3-2-4-6-15)18(23)14-22-9-7-16(8-10-22)17-11-19-20-12-17/h2-6,11-12,16H,7-10,13-14H2,1H3,(H,19,20). The van der Waals surface area contributed by atoms with E-state index >= 15 is 0 Å². The van der Waals surface area contributed by atoms with Crippen LogP contribution in [0.5, 0.6) is 0 Å². The molecule has 122 valence electrons. The van der Waals surface area contributed by atoms with Crippen LogP contribution in [0.2, 0.25) is 0 Å². The third-order valence-corrected chi connectivity index (χ3v) is 4.63. The van der Waals surface area contributed by atoms with E-state index in [2.05, 4.69) is 27.2 Å². The molecule has 2 aromatic rings. The van der Waals surface area contributed by atoms with Crippen molar-refractivity contribution < 1.29 is 4.79 Å². The Morgan fingerprint density at radius 3 is 2.70 bits per heavy atom. The van der Waals surface area contributed by atoms with Gasteiger partial charge in [-0.3, -0.25) is 14.8 Å². The van der Waals surface area contributed by atoms with Crippen molar-refractivity contribution >= 4 is 5.91 Å². The van der Waals surface area contributed by atoms with Crippen LogP contribution in [0.3, 0.4) is 0 Å². The van der Waals surface area contributed by atoms with Crippen LogP contribution in [0, 0.1) is 0 Å². The van der Waals surface area contributed by atoms with E-state index < -0.39 is 0 Å². The highest BCUT2D eigenvalue weighted by Gasteiger charge is 2.23. The van der Waals surface area contributed by atoms with Gasteiger partial charge in [0.2, 0.25) is 5.91 Å². The van der Waals surface area contributed by atoms with Gasteiger partial charge in [0.1, 0.15) is 0 Å². The average molecular weight is 312 g/mol. The van der Waals surface area contributed by atoms with Gasteiger partial charge < -0.3 is 4.90 Å². The van der Waals surface area contributed by atoms with Gasteiger partial charge in [-0.25, -0.2) is 0 Å². The summed E-state index contributed by atoms with van der Waals surface area (Å²) in [7, 11) is 1.88. The number of rotatable bonds is 5. The van der Waals surface area contributed by atoms with E-state index in [4.69, 9.17) is 0 Å². The number of piperidine rings is 1. The smallest absolute Gasteiger partial charge is 0.236 e. The number of carbonyl (C=O) groups is 1. The quantitative estimate of drug-likeness (QED) is 0.921. The van der Waals surface area contributed by atoms with Crippen LogP contribution in [0.4, 0.5) is 0 Å². The van der Waals surface area contributed by atoms with Gasteiger partial charge in [0.05, 0.1) is 12.7 Å². The van der Waals surface area contributed by atoms with E-state index in [-0.39, 0.29) is 5.91 Å². The Morgan fingerprint density at radius 2 is 2.04 bits per heavy atom. The SMILES string of the molecule is CN(Cc1ccccc1)C(=O)CN1CCC(c2cn[nH]c2)CC1. The first-order valence-electron chi connectivity index (χ1n) is 8.21. The second-order valence-electron chi connectivity index (χ2n) is 6.32. The number of hydrogen-bond acceptors (Lipinski definition) is 3. The molecule has 0 radical (unpaired) electrons. The maximum absolute atomic E-state index is 12.4. The molecule has 1 fully saturated rings. The Kier molecular flexibility index (Phi) is 5.08. The third-order valence-electron chi connectivity index (χ3n) is 4.63. The highest BCUT2D eigenvalue weighted by atomic mass is 16.2. The van der Waals surface area contributed by atoms with Gasteiger partial charge in [-0.2, -0.15) is 5.10 Å². The summed E-state index contributed by atoms with van der Waals surface area (Å²) in [6, 6.07) is 10.1. The van der Waals surface area contributed by atoms with Crippen LogP contribution in [-0.4, -0.2) is 52.6 Å². The maximum Gasteiger partial charge on any atom is 0.236 e. The molecule has 0 saturated carbocycles. The Balaban J connectivity index is 1.45. The van der Waals surface area contributed by atoms with Crippen LogP contribution in [0.25, 0.3) is 0 Å². The summed E-state index contributed by atoms with van der Waals surface area (Å²) in [5, 5.41) is 6.91. The summed E-state index contributed by atoms with van der Waals surface area (Å²) >= 11 is 0. The van der Waals surface area contributed by atoms with Gasteiger partial charge in [0.25, 0.3) is 0 Å². The third kappa shape index (κ3) is 4.20. The molecule has 1 aromatic carbocycles. The largest absolute Gasteiger partial charge is 0.340 e. The van der Waals surface area contributed by atoms with E-state index in [1.165, 1.54) is 11.1 Å². The predicted octanol–water partition coefficient (Wildman–Crippen LogP) is 2.25. The fraction of sp³-hybridized carbons (Fsp3) is 0.444. The number of nitrogens with one attached hydrogen (secondary N) is 1. The van der Waals surface area contributed by atoms with Crippen LogP contribution in [0.15, 0.2) is 42.7 Å². The lowest BCUT2D eigenvalue weighted by Crippen LogP contribution is -2.41.